The highest BCUT2D eigenvalue weighted by Gasteiger charge is 2.25. The molecule has 2 rings (SSSR count). The molecule has 8 nitrogen and oxygen atoms in total. The maximum Gasteiger partial charge on any atom is 0.409 e. The Morgan fingerprint density at radius 3 is 2.68 bits per heavy atom. The van der Waals surface area contributed by atoms with Gasteiger partial charge in [0.15, 0.2) is 0 Å². The van der Waals surface area contributed by atoms with Gasteiger partial charge in [-0.3, -0.25) is 14.5 Å². The monoisotopic (exact) mass is 312 g/mol. The molecule has 0 spiro atoms. The van der Waals surface area contributed by atoms with Gasteiger partial charge in [0.1, 0.15) is 0 Å². The van der Waals surface area contributed by atoms with Crippen LogP contribution in [0.1, 0.15) is 19.8 Å². The molecule has 0 aromatic carbocycles. The molecule has 0 atom stereocenters. The van der Waals surface area contributed by atoms with Crippen molar-refractivity contribution in [1.29, 1.82) is 0 Å². The van der Waals surface area contributed by atoms with Crippen molar-refractivity contribution >= 4 is 17.9 Å². The number of amides is 3. The smallest absolute Gasteiger partial charge is 0.409 e. The number of nitrogens with zero attached hydrogens (tertiary/aromatic N) is 2. The van der Waals surface area contributed by atoms with E-state index in [1.807, 2.05) is 4.90 Å². The summed E-state index contributed by atoms with van der Waals surface area (Å²) in [6.45, 7) is 5.14. The van der Waals surface area contributed by atoms with Crippen LogP contribution < -0.4 is 10.6 Å². The van der Waals surface area contributed by atoms with E-state index in [0.717, 1.165) is 12.8 Å². The number of piperidine rings is 1. The Morgan fingerprint density at radius 2 is 2.05 bits per heavy atom. The zero-order chi connectivity index (χ0) is 15.9. The second-order valence-electron chi connectivity index (χ2n) is 5.59. The highest BCUT2D eigenvalue weighted by molar-refractivity contribution is 5.82. The fraction of sp³-hybridized carbons (Fsp3) is 0.786. The third kappa shape index (κ3) is 4.87. The predicted molar refractivity (Wildman–Crippen MR) is 79.2 cm³/mol. The maximum atomic E-state index is 12.0. The number of piperazine rings is 1. The van der Waals surface area contributed by atoms with Crippen LogP contribution in [0.2, 0.25) is 0 Å². The molecule has 0 aromatic rings. The molecule has 0 bridgehead atoms. The second-order valence-corrected chi connectivity index (χ2v) is 5.59. The first-order chi connectivity index (χ1) is 10.6. The molecular weight excluding hydrogens is 288 g/mol. The fourth-order valence-corrected chi connectivity index (χ4v) is 2.72. The number of ether oxygens (including phenoxy) is 1. The standard InChI is InChI=1S/C14H24N4O4/c1-2-22-14(21)18-6-3-11(4-7-18)16-13(20)10-17-8-5-15-12(19)9-17/h11H,2-10H2,1H3,(H,15,19)(H,16,20). The zero-order valence-electron chi connectivity index (χ0n) is 13.0. The Labute approximate surface area is 130 Å². The molecule has 0 radical (unpaired) electrons. The molecule has 22 heavy (non-hydrogen) atoms. The lowest BCUT2D eigenvalue weighted by atomic mass is 10.1. The van der Waals surface area contributed by atoms with E-state index in [4.69, 9.17) is 4.74 Å². The summed E-state index contributed by atoms with van der Waals surface area (Å²) in [5.74, 6) is -0.105. The van der Waals surface area contributed by atoms with Gasteiger partial charge in [0.05, 0.1) is 19.7 Å². The summed E-state index contributed by atoms with van der Waals surface area (Å²) in [5, 5.41) is 5.71. The van der Waals surface area contributed by atoms with Crippen LogP contribution >= 0.6 is 0 Å². The molecule has 2 aliphatic heterocycles. The van der Waals surface area contributed by atoms with Gasteiger partial charge < -0.3 is 20.3 Å². The molecule has 0 aromatic heterocycles. The number of carbonyl (C=O) groups excluding carboxylic acids is 3. The van der Waals surface area contributed by atoms with E-state index in [1.165, 1.54) is 0 Å². The summed E-state index contributed by atoms with van der Waals surface area (Å²) in [4.78, 5) is 38.4. The molecule has 3 amide bonds. The molecule has 8 heteroatoms. The Kier molecular flexibility index (Phi) is 6.00. The van der Waals surface area contributed by atoms with Crippen LogP contribution in [-0.4, -0.2) is 79.6 Å². The number of nitrogens with one attached hydrogen (secondary N) is 2. The summed E-state index contributed by atoms with van der Waals surface area (Å²) < 4.78 is 4.96. The predicted octanol–water partition coefficient (Wildman–Crippen LogP) is -0.845. The zero-order valence-corrected chi connectivity index (χ0v) is 13.0. The number of carbonyl (C=O) groups is 3. The maximum absolute atomic E-state index is 12.0. The van der Waals surface area contributed by atoms with Gasteiger partial charge in [-0.1, -0.05) is 0 Å². The highest BCUT2D eigenvalue weighted by atomic mass is 16.6. The van der Waals surface area contributed by atoms with Gasteiger partial charge in [0, 0.05) is 32.2 Å². The lowest BCUT2D eigenvalue weighted by Crippen LogP contribution is -2.52. The van der Waals surface area contributed by atoms with E-state index in [-0.39, 0.29) is 37.0 Å². The average Bonchev–Trinajstić information content (AvgIpc) is 2.48. The summed E-state index contributed by atoms with van der Waals surface area (Å²) in [5.41, 5.74) is 0. The molecule has 2 heterocycles. The average molecular weight is 312 g/mol. The minimum absolute atomic E-state index is 0.0400. The third-order valence-corrected chi connectivity index (χ3v) is 3.87. The molecule has 0 saturated carbocycles. The molecule has 0 aliphatic carbocycles. The van der Waals surface area contributed by atoms with Crippen molar-refractivity contribution in [2.75, 3.05) is 45.9 Å². The summed E-state index contributed by atoms with van der Waals surface area (Å²) >= 11 is 0. The first-order valence-corrected chi connectivity index (χ1v) is 7.78. The van der Waals surface area contributed by atoms with E-state index in [9.17, 15) is 14.4 Å². The van der Waals surface area contributed by atoms with E-state index < -0.39 is 0 Å². The molecule has 2 N–H and O–H groups in total. The summed E-state index contributed by atoms with van der Waals surface area (Å²) in [6, 6.07) is 0.0804. The fourth-order valence-electron chi connectivity index (χ4n) is 2.72. The van der Waals surface area contributed by atoms with Gasteiger partial charge in [0.2, 0.25) is 11.8 Å². The SMILES string of the molecule is CCOC(=O)N1CCC(NC(=O)CN2CCNC(=O)C2)CC1. The molecule has 0 unspecified atom stereocenters. The summed E-state index contributed by atoms with van der Waals surface area (Å²) in [6.07, 6.45) is 1.17. The van der Waals surface area contributed by atoms with Crippen molar-refractivity contribution < 1.29 is 19.1 Å². The van der Waals surface area contributed by atoms with E-state index in [1.54, 1.807) is 11.8 Å². The van der Waals surface area contributed by atoms with Gasteiger partial charge in [-0.25, -0.2) is 4.79 Å². The first kappa shape index (κ1) is 16.5. The quantitative estimate of drug-likeness (QED) is 0.706. The number of hydrogen-bond donors (Lipinski definition) is 2. The molecule has 124 valence electrons. The van der Waals surface area contributed by atoms with Crippen LogP contribution in [0.5, 0.6) is 0 Å². The second kappa shape index (κ2) is 7.98. The summed E-state index contributed by atoms with van der Waals surface area (Å²) in [7, 11) is 0. The van der Waals surface area contributed by atoms with Crippen molar-refractivity contribution in [3.63, 3.8) is 0 Å². The van der Waals surface area contributed by atoms with Crippen molar-refractivity contribution in [2.45, 2.75) is 25.8 Å². The number of likely N-dealkylation sites (tertiary alicyclic amines) is 1. The van der Waals surface area contributed by atoms with Crippen molar-refractivity contribution in [3.05, 3.63) is 0 Å². The third-order valence-electron chi connectivity index (χ3n) is 3.87. The van der Waals surface area contributed by atoms with Crippen LogP contribution in [0.3, 0.4) is 0 Å². The van der Waals surface area contributed by atoms with Crippen molar-refractivity contribution in [1.82, 2.24) is 20.4 Å². The molecule has 2 fully saturated rings. The Bertz CT molecular complexity index is 421. The van der Waals surface area contributed by atoms with Crippen LogP contribution in [-0.2, 0) is 14.3 Å². The van der Waals surface area contributed by atoms with Crippen LogP contribution in [0.4, 0.5) is 4.79 Å². The van der Waals surface area contributed by atoms with Gasteiger partial charge in [-0.2, -0.15) is 0 Å². The molecule has 2 aliphatic rings. The number of hydrogen-bond acceptors (Lipinski definition) is 5. The van der Waals surface area contributed by atoms with Gasteiger partial charge in [0.25, 0.3) is 0 Å². The van der Waals surface area contributed by atoms with E-state index in [2.05, 4.69) is 10.6 Å². The van der Waals surface area contributed by atoms with Gasteiger partial charge in [-0.05, 0) is 19.8 Å². The highest BCUT2D eigenvalue weighted by Crippen LogP contribution is 2.11. The van der Waals surface area contributed by atoms with Crippen molar-refractivity contribution in [2.24, 2.45) is 0 Å². The van der Waals surface area contributed by atoms with Gasteiger partial charge in [-0.15, -0.1) is 0 Å². The Balaban J connectivity index is 1.68. The Morgan fingerprint density at radius 1 is 1.32 bits per heavy atom. The Hall–Kier alpha value is -1.83. The number of rotatable bonds is 4. The molecule has 2 saturated heterocycles. The van der Waals surface area contributed by atoms with Crippen LogP contribution in [0.25, 0.3) is 0 Å². The topological polar surface area (TPSA) is 91.0 Å². The minimum atomic E-state index is -0.286. The van der Waals surface area contributed by atoms with Gasteiger partial charge >= 0.3 is 6.09 Å². The first-order valence-electron chi connectivity index (χ1n) is 7.78. The van der Waals surface area contributed by atoms with Crippen molar-refractivity contribution in [3.8, 4) is 0 Å². The molecular formula is C14H24N4O4. The normalized spacial score (nSPS) is 20.4. The lowest BCUT2D eigenvalue weighted by Gasteiger charge is -2.32. The van der Waals surface area contributed by atoms with E-state index >= 15 is 0 Å². The minimum Gasteiger partial charge on any atom is -0.450 e. The van der Waals surface area contributed by atoms with Crippen LogP contribution in [0, 0.1) is 0 Å². The largest absolute Gasteiger partial charge is 0.450 e. The lowest BCUT2D eigenvalue weighted by molar-refractivity contribution is -0.127. The van der Waals surface area contributed by atoms with Crippen LogP contribution in [0.15, 0.2) is 0 Å². The van der Waals surface area contributed by atoms with E-state index in [0.29, 0.717) is 32.8 Å².